The molecule has 0 unspecified atom stereocenters. The largest absolute Gasteiger partial charge is 0.309 e. The van der Waals surface area contributed by atoms with Crippen LogP contribution in [0.4, 0.5) is 0 Å². The zero-order valence-corrected chi connectivity index (χ0v) is 37.3. The Bertz CT molecular complexity index is 4220. The van der Waals surface area contributed by atoms with E-state index in [1.54, 1.807) is 0 Å². The van der Waals surface area contributed by atoms with Crippen molar-refractivity contribution in [2.24, 2.45) is 0 Å². The molecule has 6 nitrogen and oxygen atoms in total. The van der Waals surface area contributed by atoms with Crippen LogP contribution in [-0.2, 0) is 0 Å². The number of hydrogen-bond acceptors (Lipinski definition) is 3. The average Bonchev–Trinajstić information content (AvgIpc) is 4.07. The molecule has 0 aliphatic heterocycles. The van der Waals surface area contributed by atoms with E-state index in [2.05, 4.69) is 196 Å². The van der Waals surface area contributed by atoms with Gasteiger partial charge in [-0.25, -0.2) is 15.0 Å². The monoisotopic (exact) mass is 880 g/mol. The van der Waals surface area contributed by atoms with Crippen molar-refractivity contribution in [3.63, 3.8) is 0 Å². The molecule has 0 fully saturated rings. The van der Waals surface area contributed by atoms with E-state index in [9.17, 15) is 0 Å². The van der Waals surface area contributed by atoms with Crippen LogP contribution in [0, 0.1) is 0 Å². The van der Waals surface area contributed by atoms with Gasteiger partial charge in [-0.3, -0.25) is 0 Å². The highest BCUT2D eigenvalue weighted by Crippen LogP contribution is 2.42. The Hall–Kier alpha value is -9.39. The van der Waals surface area contributed by atoms with Gasteiger partial charge in [-0.15, -0.1) is 0 Å². The van der Waals surface area contributed by atoms with Gasteiger partial charge in [0.05, 0.1) is 33.1 Å². The van der Waals surface area contributed by atoms with Crippen LogP contribution in [-0.4, -0.2) is 28.7 Å². The molecule has 0 N–H and O–H groups in total. The third-order valence-electron chi connectivity index (χ3n) is 13.7. The van der Waals surface area contributed by atoms with Crippen LogP contribution in [0.25, 0.3) is 128 Å². The van der Waals surface area contributed by atoms with E-state index < -0.39 is 0 Å². The first-order valence-corrected chi connectivity index (χ1v) is 23.4. The predicted octanol–water partition coefficient (Wildman–Crippen LogP) is 15.8. The maximum absolute atomic E-state index is 5.02. The van der Waals surface area contributed by atoms with Gasteiger partial charge in [0.2, 0.25) is 0 Å². The Labute approximate surface area is 397 Å². The second-order valence-corrected chi connectivity index (χ2v) is 17.6. The third kappa shape index (κ3) is 6.23. The van der Waals surface area contributed by atoms with E-state index in [1.165, 1.54) is 59.9 Å². The molecule has 0 amide bonds. The molecule has 0 bridgehead atoms. The molecular formula is C63H40N6. The second kappa shape index (κ2) is 15.6. The summed E-state index contributed by atoms with van der Waals surface area (Å²) in [6.45, 7) is 0. The highest BCUT2D eigenvalue weighted by Gasteiger charge is 2.21. The molecule has 0 aliphatic rings. The molecule has 0 saturated carbocycles. The van der Waals surface area contributed by atoms with E-state index in [0.29, 0.717) is 17.5 Å². The number of rotatable bonds is 7. The van der Waals surface area contributed by atoms with Crippen LogP contribution in [0.3, 0.4) is 0 Å². The number of nitrogens with zero attached hydrogens (tertiary/aromatic N) is 6. The Morgan fingerprint density at radius 1 is 0.232 bits per heavy atom. The molecule has 4 heterocycles. The Morgan fingerprint density at radius 2 is 0.623 bits per heavy atom. The van der Waals surface area contributed by atoms with Crippen LogP contribution >= 0.6 is 0 Å². The van der Waals surface area contributed by atoms with Gasteiger partial charge in [0.15, 0.2) is 17.5 Å². The van der Waals surface area contributed by atoms with Crippen molar-refractivity contribution in [2.45, 2.75) is 0 Å². The van der Waals surface area contributed by atoms with Gasteiger partial charge in [-0.2, -0.15) is 0 Å². The molecule has 10 aromatic carbocycles. The predicted molar refractivity (Wildman–Crippen MR) is 285 cm³/mol. The minimum Gasteiger partial charge on any atom is -0.309 e. The molecule has 4 aromatic heterocycles. The van der Waals surface area contributed by atoms with Crippen molar-refractivity contribution in [3.8, 4) is 62.4 Å². The number of para-hydroxylation sites is 5. The summed E-state index contributed by atoms with van der Waals surface area (Å²) in [6, 6.07) is 86.4. The zero-order valence-electron chi connectivity index (χ0n) is 37.3. The smallest absolute Gasteiger partial charge is 0.164 e. The summed E-state index contributed by atoms with van der Waals surface area (Å²) in [5, 5.41) is 7.30. The van der Waals surface area contributed by atoms with Crippen molar-refractivity contribution < 1.29 is 0 Å². The van der Waals surface area contributed by atoms with Crippen molar-refractivity contribution >= 4 is 65.4 Å². The fourth-order valence-corrected chi connectivity index (χ4v) is 10.6. The number of hydrogen-bond donors (Lipinski definition) is 0. The van der Waals surface area contributed by atoms with Crippen LogP contribution in [0.5, 0.6) is 0 Å². The van der Waals surface area contributed by atoms with E-state index in [-0.39, 0.29) is 0 Å². The lowest BCUT2D eigenvalue weighted by atomic mass is 10.00. The first kappa shape index (κ1) is 38.8. The van der Waals surface area contributed by atoms with Crippen molar-refractivity contribution in [2.75, 3.05) is 0 Å². The van der Waals surface area contributed by atoms with Crippen LogP contribution in [0.1, 0.15) is 0 Å². The van der Waals surface area contributed by atoms with Gasteiger partial charge in [0.25, 0.3) is 0 Å². The maximum atomic E-state index is 5.02. The third-order valence-corrected chi connectivity index (χ3v) is 13.7. The lowest BCUT2D eigenvalue weighted by molar-refractivity contribution is 1.07. The number of benzene rings is 10. The molecule has 0 aliphatic carbocycles. The molecule has 0 spiro atoms. The first-order valence-electron chi connectivity index (χ1n) is 23.4. The number of fused-ring (bicyclic) bond motifs is 9. The highest BCUT2D eigenvalue weighted by molar-refractivity contribution is 6.16. The molecule has 322 valence electrons. The van der Waals surface area contributed by atoms with Gasteiger partial charge in [-0.1, -0.05) is 158 Å². The standard InChI is InChI=1S/C63H40N6/c1-4-17-41(18-5-1)61-64-62(42-19-6-2-7-20-42)66-63(65-61)43-31-34-46(35-32-43)69-57-30-15-10-23-49(57)52-27-16-26-48(60(52)69)44-33-37-58-53(39-44)50-24-11-14-29-56(50)68(58)47-36-38-59-54(40-47)51-25-12-13-28-55(51)67(59)45-21-8-3-9-22-45/h1-40H. The minimum absolute atomic E-state index is 0.628. The summed E-state index contributed by atoms with van der Waals surface area (Å²) in [5.74, 6) is 1.91. The fraction of sp³-hybridized carbons (Fsp3) is 0. The summed E-state index contributed by atoms with van der Waals surface area (Å²) < 4.78 is 7.22. The molecule has 69 heavy (non-hydrogen) atoms. The average molecular weight is 881 g/mol. The molecule has 0 saturated heterocycles. The first-order chi connectivity index (χ1) is 34.2. The molecule has 0 radical (unpaired) electrons. The quantitative estimate of drug-likeness (QED) is 0.160. The summed E-state index contributed by atoms with van der Waals surface area (Å²) >= 11 is 0. The van der Waals surface area contributed by atoms with E-state index in [4.69, 9.17) is 15.0 Å². The van der Waals surface area contributed by atoms with Gasteiger partial charge in [0, 0.05) is 71.6 Å². The summed E-state index contributed by atoms with van der Waals surface area (Å²) in [5.41, 5.74) is 15.5. The second-order valence-electron chi connectivity index (χ2n) is 17.6. The van der Waals surface area contributed by atoms with Gasteiger partial charge >= 0.3 is 0 Å². The van der Waals surface area contributed by atoms with E-state index in [1.807, 2.05) is 60.7 Å². The van der Waals surface area contributed by atoms with Gasteiger partial charge < -0.3 is 13.7 Å². The van der Waals surface area contributed by atoms with Gasteiger partial charge in [-0.05, 0) is 90.5 Å². The lowest BCUT2D eigenvalue weighted by Crippen LogP contribution is -2.00. The highest BCUT2D eigenvalue weighted by atomic mass is 15.0. The lowest BCUT2D eigenvalue weighted by Gasteiger charge is -2.13. The van der Waals surface area contributed by atoms with Crippen LogP contribution in [0.2, 0.25) is 0 Å². The molecule has 14 aromatic rings. The summed E-state index contributed by atoms with van der Waals surface area (Å²) in [6.07, 6.45) is 0. The van der Waals surface area contributed by atoms with E-state index in [0.717, 1.165) is 50.3 Å². The fourth-order valence-electron chi connectivity index (χ4n) is 10.6. The molecule has 14 rings (SSSR count). The van der Waals surface area contributed by atoms with Gasteiger partial charge in [0.1, 0.15) is 0 Å². The Balaban J connectivity index is 0.914. The Morgan fingerprint density at radius 3 is 1.22 bits per heavy atom. The normalized spacial score (nSPS) is 11.8. The minimum atomic E-state index is 0.628. The van der Waals surface area contributed by atoms with Crippen molar-refractivity contribution in [3.05, 3.63) is 243 Å². The number of aromatic nitrogens is 6. The van der Waals surface area contributed by atoms with E-state index >= 15 is 0 Å². The SMILES string of the molecule is c1ccc(-c2nc(-c3ccccc3)nc(-c3ccc(-n4c5ccccc5c5cccc(-c6ccc7c(c6)c6ccccc6n7-c6ccc7c(c6)c6ccccc6n7-c6ccccc6)c54)cc3)n2)cc1. The molecular weight excluding hydrogens is 841 g/mol. The van der Waals surface area contributed by atoms with Crippen LogP contribution < -0.4 is 0 Å². The van der Waals surface area contributed by atoms with Crippen LogP contribution in [0.15, 0.2) is 243 Å². The molecule has 6 heteroatoms. The summed E-state index contributed by atoms with van der Waals surface area (Å²) in [7, 11) is 0. The Kier molecular flexibility index (Phi) is 8.79. The van der Waals surface area contributed by atoms with Crippen molar-refractivity contribution in [1.29, 1.82) is 0 Å². The zero-order chi connectivity index (χ0) is 45.4. The molecule has 0 atom stereocenters. The topological polar surface area (TPSA) is 53.5 Å². The van der Waals surface area contributed by atoms with Crippen molar-refractivity contribution in [1.82, 2.24) is 28.7 Å². The maximum Gasteiger partial charge on any atom is 0.164 e. The summed E-state index contributed by atoms with van der Waals surface area (Å²) in [4.78, 5) is 15.0.